The van der Waals surface area contributed by atoms with Gasteiger partial charge in [0.15, 0.2) is 10.2 Å². The number of rotatable bonds is 2. The molecule has 0 aliphatic carbocycles. The number of hydrogen-bond donors (Lipinski definition) is 0. The zero-order valence-electron chi connectivity index (χ0n) is 6.35. The molecule has 0 saturated carbocycles. The van der Waals surface area contributed by atoms with Gasteiger partial charge in [-0.2, -0.15) is 8.75 Å². The van der Waals surface area contributed by atoms with Gasteiger partial charge < -0.3 is 0 Å². The predicted octanol–water partition coefficient (Wildman–Crippen LogP) is 2.74. The van der Waals surface area contributed by atoms with Gasteiger partial charge in [-0.15, -0.1) is 0 Å². The van der Waals surface area contributed by atoms with E-state index in [1.165, 1.54) is 11.8 Å². The van der Waals surface area contributed by atoms with Crippen LogP contribution in [-0.2, 0) is 0 Å². The molecule has 2 heterocycles. The van der Waals surface area contributed by atoms with E-state index < -0.39 is 0 Å². The second kappa shape index (κ2) is 4.04. The minimum atomic E-state index is 0.445. The Morgan fingerprint density at radius 2 is 2.23 bits per heavy atom. The average Bonchev–Trinajstić information content (AvgIpc) is 2.54. The highest BCUT2D eigenvalue weighted by Crippen LogP contribution is 2.29. The van der Waals surface area contributed by atoms with Gasteiger partial charge in [0.05, 0.1) is 11.7 Å². The van der Waals surface area contributed by atoms with Crippen LogP contribution in [0.15, 0.2) is 34.4 Å². The first-order chi connectivity index (χ1) is 6.36. The zero-order chi connectivity index (χ0) is 9.10. The normalized spacial score (nSPS) is 10.2. The van der Waals surface area contributed by atoms with Gasteiger partial charge in [0.25, 0.3) is 0 Å². The molecule has 3 nitrogen and oxygen atoms in total. The highest BCUT2D eigenvalue weighted by atomic mass is 35.5. The molecule has 0 saturated heterocycles. The summed E-state index contributed by atoms with van der Waals surface area (Å²) in [5.41, 5.74) is 0. The highest BCUT2D eigenvalue weighted by molar-refractivity contribution is 7.99. The maximum Gasteiger partial charge on any atom is 0.177 e. The van der Waals surface area contributed by atoms with Crippen LogP contribution in [0.4, 0.5) is 0 Å². The molecule has 2 aromatic heterocycles. The SMILES string of the molecule is Clc1nsnc1Sc1ccccn1. The van der Waals surface area contributed by atoms with E-state index >= 15 is 0 Å². The molecule has 0 fully saturated rings. The summed E-state index contributed by atoms with van der Waals surface area (Å²) < 4.78 is 7.89. The number of halogens is 1. The van der Waals surface area contributed by atoms with Crippen molar-refractivity contribution in [3.8, 4) is 0 Å². The molecule has 2 aromatic rings. The molecule has 66 valence electrons. The molecule has 0 atom stereocenters. The van der Waals surface area contributed by atoms with Crippen LogP contribution < -0.4 is 0 Å². The molecule has 0 aliphatic rings. The quantitative estimate of drug-likeness (QED) is 0.794. The van der Waals surface area contributed by atoms with E-state index in [-0.39, 0.29) is 0 Å². The monoisotopic (exact) mass is 229 g/mol. The van der Waals surface area contributed by atoms with Crippen LogP contribution in [0.1, 0.15) is 0 Å². The van der Waals surface area contributed by atoms with Crippen molar-refractivity contribution in [2.75, 3.05) is 0 Å². The summed E-state index contributed by atoms with van der Waals surface area (Å²) in [5, 5.41) is 2.03. The van der Waals surface area contributed by atoms with Gasteiger partial charge in [-0.1, -0.05) is 17.7 Å². The lowest BCUT2D eigenvalue weighted by Gasteiger charge is -1.94. The maximum absolute atomic E-state index is 5.78. The van der Waals surface area contributed by atoms with Crippen LogP contribution in [0.25, 0.3) is 0 Å². The number of hydrogen-bond acceptors (Lipinski definition) is 5. The minimum Gasteiger partial charge on any atom is -0.250 e. The Hall–Kier alpha value is -0.650. The van der Waals surface area contributed by atoms with Crippen molar-refractivity contribution in [2.24, 2.45) is 0 Å². The molecule has 0 spiro atoms. The first-order valence-electron chi connectivity index (χ1n) is 3.43. The highest BCUT2D eigenvalue weighted by Gasteiger charge is 2.07. The van der Waals surface area contributed by atoms with Crippen molar-refractivity contribution >= 4 is 35.1 Å². The Morgan fingerprint density at radius 1 is 1.31 bits per heavy atom. The van der Waals surface area contributed by atoms with Gasteiger partial charge in [0, 0.05) is 6.20 Å². The van der Waals surface area contributed by atoms with E-state index in [9.17, 15) is 0 Å². The van der Waals surface area contributed by atoms with Crippen LogP contribution in [-0.4, -0.2) is 13.7 Å². The third kappa shape index (κ3) is 2.18. The molecule has 0 aromatic carbocycles. The van der Waals surface area contributed by atoms with Crippen LogP contribution in [0, 0.1) is 0 Å². The topological polar surface area (TPSA) is 38.7 Å². The molecule has 13 heavy (non-hydrogen) atoms. The number of pyridine rings is 1. The van der Waals surface area contributed by atoms with E-state index in [4.69, 9.17) is 11.6 Å². The van der Waals surface area contributed by atoms with E-state index in [1.54, 1.807) is 6.20 Å². The fourth-order valence-electron chi connectivity index (χ4n) is 0.737. The molecule has 2 rings (SSSR count). The third-order valence-corrected chi connectivity index (χ3v) is 3.31. The minimum absolute atomic E-state index is 0.445. The fourth-order valence-corrected chi connectivity index (χ4v) is 2.29. The van der Waals surface area contributed by atoms with Gasteiger partial charge in [0.2, 0.25) is 0 Å². The summed E-state index contributed by atoms with van der Waals surface area (Å²) in [6, 6.07) is 5.69. The summed E-state index contributed by atoms with van der Waals surface area (Å²) in [7, 11) is 0. The lowest BCUT2D eigenvalue weighted by molar-refractivity contribution is 1.12. The largest absolute Gasteiger partial charge is 0.250 e. The van der Waals surface area contributed by atoms with E-state index in [2.05, 4.69) is 13.7 Å². The maximum atomic E-state index is 5.78. The lowest BCUT2D eigenvalue weighted by Crippen LogP contribution is -1.77. The number of nitrogens with zero attached hydrogens (tertiary/aromatic N) is 3. The summed E-state index contributed by atoms with van der Waals surface area (Å²) in [5.74, 6) is 0. The summed E-state index contributed by atoms with van der Waals surface area (Å²) in [6.45, 7) is 0. The van der Waals surface area contributed by atoms with Gasteiger partial charge >= 0.3 is 0 Å². The van der Waals surface area contributed by atoms with E-state index in [0.717, 1.165) is 16.8 Å². The standard InChI is InChI=1S/C7H4ClN3S2/c8-6-7(11-13-10-6)12-5-3-1-2-4-9-5/h1-4H. The molecule has 0 aliphatic heterocycles. The molecule has 6 heteroatoms. The molecule has 0 amide bonds. The second-order valence-electron chi connectivity index (χ2n) is 2.13. The smallest absolute Gasteiger partial charge is 0.177 e. The van der Waals surface area contributed by atoms with E-state index in [1.807, 2.05) is 18.2 Å². The molecule has 0 bridgehead atoms. The van der Waals surface area contributed by atoms with Gasteiger partial charge in [-0.05, 0) is 23.9 Å². The fraction of sp³-hybridized carbons (Fsp3) is 0. The van der Waals surface area contributed by atoms with Crippen molar-refractivity contribution in [3.63, 3.8) is 0 Å². The summed E-state index contributed by atoms with van der Waals surface area (Å²) in [6.07, 6.45) is 1.73. The Bertz CT molecular complexity index is 390. The Labute approximate surface area is 88.5 Å². The molecular formula is C7H4ClN3S2. The van der Waals surface area contributed by atoms with Crippen LogP contribution >= 0.6 is 35.1 Å². The van der Waals surface area contributed by atoms with Gasteiger partial charge in [-0.3, -0.25) is 0 Å². The molecule has 0 radical (unpaired) electrons. The van der Waals surface area contributed by atoms with Crippen molar-refractivity contribution in [2.45, 2.75) is 10.1 Å². The Morgan fingerprint density at radius 3 is 2.85 bits per heavy atom. The first kappa shape index (κ1) is 8.93. The number of aromatic nitrogens is 3. The Kier molecular flexibility index (Phi) is 2.77. The van der Waals surface area contributed by atoms with Crippen LogP contribution in [0.2, 0.25) is 5.15 Å². The summed E-state index contributed by atoms with van der Waals surface area (Å²) >= 11 is 8.30. The Balaban J connectivity index is 2.20. The zero-order valence-corrected chi connectivity index (χ0v) is 8.73. The van der Waals surface area contributed by atoms with E-state index in [0.29, 0.717) is 10.2 Å². The van der Waals surface area contributed by atoms with Gasteiger partial charge in [0.1, 0.15) is 5.03 Å². The third-order valence-electron chi connectivity index (χ3n) is 1.26. The summed E-state index contributed by atoms with van der Waals surface area (Å²) in [4.78, 5) is 4.14. The van der Waals surface area contributed by atoms with Crippen molar-refractivity contribution in [1.29, 1.82) is 0 Å². The molecule has 0 unspecified atom stereocenters. The van der Waals surface area contributed by atoms with Crippen molar-refractivity contribution in [3.05, 3.63) is 29.5 Å². The van der Waals surface area contributed by atoms with Crippen LogP contribution in [0.3, 0.4) is 0 Å². The molecule has 0 N–H and O–H groups in total. The van der Waals surface area contributed by atoms with Crippen molar-refractivity contribution in [1.82, 2.24) is 13.7 Å². The van der Waals surface area contributed by atoms with Crippen LogP contribution in [0.5, 0.6) is 0 Å². The second-order valence-corrected chi connectivity index (χ2v) is 4.03. The lowest BCUT2D eigenvalue weighted by atomic mass is 10.5. The first-order valence-corrected chi connectivity index (χ1v) is 5.35. The van der Waals surface area contributed by atoms with Crippen molar-refractivity contribution < 1.29 is 0 Å². The molecular weight excluding hydrogens is 226 g/mol. The average molecular weight is 230 g/mol. The van der Waals surface area contributed by atoms with Gasteiger partial charge in [-0.25, -0.2) is 4.98 Å². The predicted molar refractivity (Wildman–Crippen MR) is 53.3 cm³/mol.